The average Bonchev–Trinajstić information content (AvgIpc) is 3.53. The Morgan fingerprint density at radius 1 is 1.21 bits per heavy atom. The minimum atomic E-state index is -4.54. The van der Waals surface area contributed by atoms with E-state index in [-0.39, 0.29) is 24.5 Å². The van der Waals surface area contributed by atoms with E-state index >= 15 is 0 Å². The number of thiophene rings is 1. The number of alkyl halides is 3. The maximum Gasteiger partial charge on any atom is 0.420 e. The van der Waals surface area contributed by atoms with E-state index < -0.39 is 17.7 Å². The lowest BCUT2D eigenvalue weighted by atomic mass is 10.0. The van der Waals surface area contributed by atoms with E-state index in [0.29, 0.717) is 21.6 Å². The van der Waals surface area contributed by atoms with Gasteiger partial charge >= 0.3 is 12.1 Å². The maximum absolute atomic E-state index is 13.7. The number of carbonyl (C=O) groups is 1. The third-order valence-corrected chi connectivity index (χ3v) is 7.63. The predicted octanol–water partition coefficient (Wildman–Crippen LogP) is 7.61. The highest BCUT2D eigenvalue weighted by molar-refractivity contribution is 7.17. The van der Waals surface area contributed by atoms with Crippen molar-refractivity contribution in [2.24, 2.45) is 5.92 Å². The number of ether oxygens (including phenoxy) is 1. The summed E-state index contributed by atoms with van der Waals surface area (Å²) in [5.74, 6) is -0.386. The summed E-state index contributed by atoms with van der Waals surface area (Å²) >= 11 is 2.59. The SMILES string of the molecule is O=C(O)Cc1ccc(-c2csc(Nc3ccc(OCCCC4CCCC4)c(C(F)(F)F)c3)n2)s1. The van der Waals surface area contributed by atoms with Crippen LogP contribution >= 0.6 is 22.7 Å². The first-order valence-electron chi connectivity index (χ1n) is 11.2. The molecule has 1 aliphatic rings. The number of carboxylic acid groups (broad SMARTS) is 1. The van der Waals surface area contributed by atoms with Crippen LogP contribution in [0.25, 0.3) is 10.6 Å². The van der Waals surface area contributed by atoms with Gasteiger partial charge in [-0.2, -0.15) is 13.2 Å². The predicted molar refractivity (Wildman–Crippen MR) is 128 cm³/mol. The molecule has 1 aliphatic carbocycles. The summed E-state index contributed by atoms with van der Waals surface area (Å²) in [6, 6.07) is 7.49. The highest BCUT2D eigenvalue weighted by atomic mass is 32.1. The molecule has 5 nitrogen and oxygen atoms in total. The molecule has 4 rings (SSSR count). The van der Waals surface area contributed by atoms with Gasteiger partial charge in [0.15, 0.2) is 5.13 Å². The van der Waals surface area contributed by atoms with Crippen molar-refractivity contribution in [3.8, 4) is 16.3 Å². The molecule has 0 amide bonds. The number of anilines is 2. The molecule has 0 atom stereocenters. The van der Waals surface area contributed by atoms with Gasteiger partial charge in [0.25, 0.3) is 0 Å². The zero-order valence-corrected chi connectivity index (χ0v) is 20.0. The van der Waals surface area contributed by atoms with E-state index in [2.05, 4.69) is 10.3 Å². The van der Waals surface area contributed by atoms with Crippen molar-refractivity contribution < 1.29 is 27.8 Å². The minimum Gasteiger partial charge on any atom is -0.493 e. The molecule has 182 valence electrons. The van der Waals surface area contributed by atoms with E-state index in [4.69, 9.17) is 9.84 Å². The fourth-order valence-corrected chi connectivity index (χ4v) is 5.90. The summed E-state index contributed by atoms with van der Waals surface area (Å²) in [5, 5.41) is 14.1. The molecule has 3 aromatic rings. The van der Waals surface area contributed by atoms with Gasteiger partial charge in [0, 0.05) is 15.9 Å². The number of aliphatic carboxylic acids is 1. The van der Waals surface area contributed by atoms with Gasteiger partial charge < -0.3 is 15.2 Å². The second-order valence-corrected chi connectivity index (χ2v) is 10.4. The molecule has 0 saturated heterocycles. The third-order valence-electron chi connectivity index (χ3n) is 5.77. The zero-order valence-electron chi connectivity index (χ0n) is 18.4. The van der Waals surface area contributed by atoms with Gasteiger partial charge in [0.1, 0.15) is 5.75 Å². The van der Waals surface area contributed by atoms with Crippen LogP contribution < -0.4 is 10.1 Å². The maximum atomic E-state index is 13.7. The van der Waals surface area contributed by atoms with Crippen LogP contribution in [0.5, 0.6) is 5.75 Å². The van der Waals surface area contributed by atoms with Crippen LogP contribution in [0.4, 0.5) is 24.0 Å². The van der Waals surface area contributed by atoms with Crippen LogP contribution in [0, 0.1) is 5.92 Å². The van der Waals surface area contributed by atoms with Crippen LogP contribution in [-0.2, 0) is 17.4 Å². The molecule has 10 heteroatoms. The summed E-state index contributed by atoms with van der Waals surface area (Å²) in [6.45, 7) is 0.271. The number of thiazole rings is 1. The van der Waals surface area contributed by atoms with Crippen molar-refractivity contribution in [3.05, 3.63) is 46.2 Å². The largest absolute Gasteiger partial charge is 0.493 e. The summed E-state index contributed by atoms with van der Waals surface area (Å²) in [4.78, 5) is 16.8. The van der Waals surface area contributed by atoms with Gasteiger partial charge in [0.05, 0.1) is 29.2 Å². The molecule has 0 aliphatic heterocycles. The molecule has 1 fully saturated rings. The Morgan fingerprint density at radius 3 is 2.74 bits per heavy atom. The second-order valence-electron chi connectivity index (χ2n) is 8.35. The molecule has 0 bridgehead atoms. The summed E-state index contributed by atoms with van der Waals surface area (Å²) < 4.78 is 46.6. The monoisotopic (exact) mass is 510 g/mol. The molecule has 0 spiro atoms. The standard InChI is InChI=1S/C24H25F3N2O3S2/c25-24(26,27)18-12-16(7-9-20(18)32-11-3-6-15-4-1-2-5-15)28-23-29-19(14-33-23)21-10-8-17(34-21)13-22(30)31/h7-10,12,14-15H,1-6,11,13H2,(H,28,29)(H,30,31). The lowest BCUT2D eigenvalue weighted by molar-refractivity contribution is -0.139. The van der Waals surface area contributed by atoms with Crippen LogP contribution in [0.3, 0.4) is 0 Å². The number of halogens is 3. The molecule has 0 unspecified atom stereocenters. The lowest BCUT2D eigenvalue weighted by Crippen LogP contribution is -2.10. The van der Waals surface area contributed by atoms with Crippen LogP contribution in [-0.4, -0.2) is 22.7 Å². The molecule has 2 aromatic heterocycles. The van der Waals surface area contributed by atoms with Crippen molar-refractivity contribution in [1.82, 2.24) is 4.98 Å². The topological polar surface area (TPSA) is 71.5 Å². The number of benzene rings is 1. The normalized spacial score (nSPS) is 14.4. The Labute approximate surface area is 203 Å². The summed E-state index contributed by atoms with van der Waals surface area (Å²) in [6.07, 6.45) is 2.07. The fourth-order valence-electron chi connectivity index (χ4n) is 4.14. The van der Waals surface area contributed by atoms with Crippen LogP contribution in [0.15, 0.2) is 35.7 Å². The number of hydrogen-bond acceptors (Lipinski definition) is 6. The molecule has 34 heavy (non-hydrogen) atoms. The van der Waals surface area contributed by atoms with Gasteiger partial charge in [-0.3, -0.25) is 4.79 Å². The van der Waals surface area contributed by atoms with Gasteiger partial charge in [-0.05, 0) is 49.1 Å². The van der Waals surface area contributed by atoms with E-state index in [0.717, 1.165) is 23.8 Å². The van der Waals surface area contributed by atoms with E-state index in [1.807, 2.05) is 0 Å². The Kier molecular flexibility index (Phi) is 7.77. The van der Waals surface area contributed by atoms with Crippen molar-refractivity contribution >= 4 is 39.5 Å². The van der Waals surface area contributed by atoms with E-state index in [1.54, 1.807) is 23.6 Å². The molecule has 2 N–H and O–H groups in total. The number of aromatic nitrogens is 1. The third kappa shape index (κ3) is 6.50. The van der Waals surface area contributed by atoms with E-state index in [1.165, 1.54) is 54.4 Å². The number of rotatable bonds is 10. The van der Waals surface area contributed by atoms with Crippen molar-refractivity contribution in [2.45, 2.75) is 51.1 Å². The first-order valence-corrected chi connectivity index (χ1v) is 12.8. The van der Waals surface area contributed by atoms with Gasteiger partial charge in [-0.15, -0.1) is 22.7 Å². The van der Waals surface area contributed by atoms with Gasteiger partial charge in [-0.1, -0.05) is 25.7 Å². The Balaban J connectivity index is 1.41. The number of hydrogen-bond donors (Lipinski definition) is 2. The van der Waals surface area contributed by atoms with Crippen molar-refractivity contribution in [3.63, 3.8) is 0 Å². The first-order chi connectivity index (χ1) is 16.3. The average molecular weight is 511 g/mol. The molecular formula is C24H25F3N2O3S2. The Morgan fingerprint density at radius 2 is 2.00 bits per heavy atom. The minimum absolute atomic E-state index is 0.0604. The van der Waals surface area contributed by atoms with Gasteiger partial charge in [-0.25, -0.2) is 4.98 Å². The molecule has 0 radical (unpaired) electrons. The van der Waals surface area contributed by atoms with Crippen LogP contribution in [0.1, 0.15) is 49.0 Å². The lowest BCUT2D eigenvalue weighted by Gasteiger charge is -2.16. The van der Waals surface area contributed by atoms with Crippen molar-refractivity contribution in [1.29, 1.82) is 0 Å². The first kappa shape index (κ1) is 24.5. The number of nitrogens with one attached hydrogen (secondary N) is 1. The number of nitrogens with zero attached hydrogens (tertiary/aromatic N) is 1. The molecule has 2 heterocycles. The highest BCUT2D eigenvalue weighted by Crippen LogP contribution is 2.39. The second kappa shape index (κ2) is 10.8. The molecule has 1 aromatic carbocycles. The smallest absolute Gasteiger partial charge is 0.420 e. The number of carboxylic acids is 1. The van der Waals surface area contributed by atoms with Gasteiger partial charge in [0.2, 0.25) is 0 Å². The van der Waals surface area contributed by atoms with E-state index in [9.17, 15) is 18.0 Å². The molecular weight excluding hydrogens is 485 g/mol. The Hall–Kier alpha value is -2.59. The van der Waals surface area contributed by atoms with Crippen LogP contribution in [0.2, 0.25) is 0 Å². The summed E-state index contributed by atoms with van der Waals surface area (Å²) in [7, 11) is 0. The zero-order chi connectivity index (χ0) is 24.1. The summed E-state index contributed by atoms with van der Waals surface area (Å²) in [5.41, 5.74) is 0.100. The quantitative estimate of drug-likeness (QED) is 0.275. The Bertz CT molecular complexity index is 1120. The van der Waals surface area contributed by atoms with Crippen molar-refractivity contribution in [2.75, 3.05) is 11.9 Å². The fraction of sp³-hybridized carbons (Fsp3) is 0.417. The highest BCUT2D eigenvalue weighted by Gasteiger charge is 2.35. The molecule has 1 saturated carbocycles.